The van der Waals surface area contributed by atoms with Crippen LogP contribution in [0.15, 0.2) is 65.3 Å². The van der Waals surface area contributed by atoms with Gasteiger partial charge in [-0.2, -0.15) is 18.2 Å². The summed E-state index contributed by atoms with van der Waals surface area (Å²) in [6.45, 7) is 0. The summed E-state index contributed by atoms with van der Waals surface area (Å²) in [4.78, 5) is 8.05. The number of benzene rings is 2. The van der Waals surface area contributed by atoms with Gasteiger partial charge in [0, 0.05) is 11.8 Å². The molecule has 0 aliphatic rings. The van der Waals surface area contributed by atoms with E-state index in [0.29, 0.717) is 0 Å². The van der Waals surface area contributed by atoms with E-state index in [4.69, 9.17) is 4.52 Å². The molecule has 0 fully saturated rings. The minimum atomic E-state index is -4.43. The molecule has 0 atom stereocenters. The predicted octanol–water partition coefficient (Wildman–Crippen LogP) is 4.97. The van der Waals surface area contributed by atoms with E-state index in [1.165, 1.54) is 6.07 Å². The molecular weight excluding hydrogens is 331 g/mol. The Morgan fingerprint density at radius 1 is 0.880 bits per heavy atom. The number of hydrogen-bond acceptors (Lipinski definition) is 4. The lowest BCUT2D eigenvalue weighted by Crippen LogP contribution is -2.05. The van der Waals surface area contributed by atoms with Gasteiger partial charge in [0.1, 0.15) is 5.69 Å². The summed E-state index contributed by atoms with van der Waals surface area (Å²) in [6, 6.07) is 15.6. The van der Waals surface area contributed by atoms with Gasteiger partial charge in [-0.05, 0) is 29.0 Å². The zero-order valence-corrected chi connectivity index (χ0v) is 12.7. The number of nitrogens with zero attached hydrogens (tertiary/aromatic N) is 3. The van der Waals surface area contributed by atoms with Crippen LogP contribution in [0.5, 0.6) is 0 Å². The second kappa shape index (κ2) is 5.70. The monoisotopic (exact) mass is 341 g/mol. The molecule has 0 unspecified atom stereocenters. The highest BCUT2D eigenvalue weighted by Crippen LogP contribution is 2.31. The van der Waals surface area contributed by atoms with Gasteiger partial charge in [0.2, 0.25) is 5.82 Å². The van der Waals surface area contributed by atoms with Gasteiger partial charge in [0.05, 0.1) is 5.56 Å². The molecule has 0 amide bonds. The molecule has 4 nitrogen and oxygen atoms in total. The average molecular weight is 341 g/mol. The maximum absolute atomic E-state index is 12.6. The molecule has 25 heavy (non-hydrogen) atoms. The Labute approximate surface area is 139 Å². The molecule has 0 radical (unpaired) electrons. The van der Waals surface area contributed by atoms with Crippen molar-refractivity contribution in [1.29, 1.82) is 0 Å². The van der Waals surface area contributed by atoms with Crippen LogP contribution in [-0.2, 0) is 6.18 Å². The Morgan fingerprint density at radius 2 is 1.68 bits per heavy atom. The third-order valence-electron chi connectivity index (χ3n) is 3.77. The number of aromatic nitrogens is 3. The molecule has 4 aromatic rings. The zero-order valence-electron chi connectivity index (χ0n) is 12.7. The first-order valence-electron chi connectivity index (χ1n) is 7.38. The van der Waals surface area contributed by atoms with E-state index in [0.717, 1.165) is 28.6 Å². The Hall–Kier alpha value is -3.22. The number of rotatable bonds is 2. The summed E-state index contributed by atoms with van der Waals surface area (Å²) in [5.41, 5.74) is 0.140. The van der Waals surface area contributed by atoms with Gasteiger partial charge in [0.25, 0.3) is 5.89 Å². The van der Waals surface area contributed by atoms with Crippen LogP contribution in [0.25, 0.3) is 33.7 Å². The highest BCUT2D eigenvalue weighted by Gasteiger charge is 2.30. The molecule has 0 saturated heterocycles. The van der Waals surface area contributed by atoms with Crippen LogP contribution in [0.1, 0.15) is 5.56 Å². The summed E-state index contributed by atoms with van der Waals surface area (Å²) in [7, 11) is 0. The summed E-state index contributed by atoms with van der Waals surface area (Å²) in [5.74, 6) is 0.421. The molecule has 0 saturated carbocycles. The Morgan fingerprint density at radius 3 is 2.44 bits per heavy atom. The van der Waals surface area contributed by atoms with Crippen molar-refractivity contribution in [1.82, 2.24) is 15.1 Å². The van der Waals surface area contributed by atoms with Crippen LogP contribution in [0.4, 0.5) is 13.2 Å². The molecule has 0 aliphatic heterocycles. The predicted molar refractivity (Wildman–Crippen MR) is 85.5 cm³/mol. The van der Waals surface area contributed by atoms with Crippen molar-refractivity contribution in [3.8, 4) is 23.0 Å². The van der Waals surface area contributed by atoms with Crippen molar-refractivity contribution in [2.75, 3.05) is 0 Å². The largest absolute Gasteiger partial charge is 0.417 e. The van der Waals surface area contributed by atoms with Crippen LogP contribution in [0, 0.1) is 0 Å². The van der Waals surface area contributed by atoms with E-state index in [9.17, 15) is 13.2 Å². The van der Waals surface area contributed by atoms with Crippen LogP contribution >= 0.6 is 0 Å². The SMILES string of the molecule is FC(F)(F)c1ccc(-c2noc(-c3cccc4ccccc34)n2)nc1. The van der Waals surface area contributed by atoms with E-state index in [-0.39, 0.29) is 17.4 Å². The van der Waals surface area contributed by atoms with Crippen LogP contribution < -0.4 is 0 Å². The summed E-state index contributed by atoms with van der Waals surface area (Å²) in [5, 5.41) is 5.80. The molecule has 2 heterocycles. The van der Waals surface area contributed by atoms with E-state index in [1.807, 2.05) is 42.5 Å². The molecule has 0 spiro atoms. The Kier molecular flexibility index (Phi) is 3.49. The molecule has 7 heteroatoms. The summed E-state index contributed by atoms with van der Waals surface area (Å²) in [6.07, 6.45) is -3.68. The minimum absolute atomic E-state index is 0.136. The van der Waals surface area contributed by atoms with Crippen molar-refractivity contribution in [3.05, 3.63) is 66.4 Å². The van der Waals surface area contributed by atoms with Crippen molar-refractivity contribution >= 4 is 10.8 Å². The standard InChI is InChI=1S/C18H10F3N3O/c19-18(20,21)12-8-9-15(22-10-12)16-23-17(25-24-16)14-7-3-5-11-4-1-2-6-13(11)14/h1-10H. The number of halogens is 3. The zero-order chi connectivity index (χ0) is 17.4. The number of fused-ring (bicyclic) bond motifs is 1. The second-order valence-electron chi connectivity index (χ2n) is 5.38. The summed E-state index contributed by atoms with van der Waals surface area (Å²) >= 11 is 0. The van der Waals surface area contributed by atoms with E-state index < -0.39 is 11.7 Å². The first-order chi connectivity index (χ1) is 12.0. The van der Waals surface area contributed by atoms with E-state index in [2.05, 4.69) is 15.1 Å². The lowest BCUT2D eigenvalue weighted by Gasteiger charge is -2.05. The summed E-state index contributed by atoms with van der Waals surface area (Å²) < 4.78 is 43.1. The quantitative estimate of drug-likeness (QED) is 0.516. The van der Waals surface area contributed by atoms with Gasteiger partial charge in [-0.3, -0.25) is 4.98 Å². The molecular formula is C18H10F3N3O. The van der Waals surface area contributed by atoms with Crippen molar-refractivity contribution in [2.24, 2.45) is 0 Å². The van der Waals surface area contributed by atoms with Gasteiger partial charge in [-0.1, -0.05) is 41.6 Å². The van der Waals surface area contributed by atoms with Crippen LogP contribution in [0.3, 0.4) is 0 Å². The van der Waals surface area contributed by atoms with Gasteiger partial charge in [-0.15, -0.1) is 0 Å². The van der Waals surface area contributed by atoms with Gasteiger partial charge in [0.15, 0.2) is 0 Å². The maximum Gasteiger partial charge on any atom is 0.417 e. The average Bonchev–Trinajstić information content (AvgIpc) is 3.10. The van der Waals surface area contributed by atoms with Gasteiger partial charge >= 0.3 is 6.18 Å². The smallest absolute Gasteiger partial charge is 0.334 e. The van der Waals surface area contributed by atoms with E-state index in [1.54, 1.807) is 0 Å². The molecule has 124 valence electrons. The molecule has 4 rings (SSSR count). The van der Waals surface area contributed by atoms with Gasteiger partial charge in [-0.25, -0.2) is 0 Å². The second-order valence-corrected chi connectivity index (χ2v) is 5.38. The highest BCUT2D eigenvalue weighted by atomic mass is 19.4. The van der Waals surface area contributed by atoms with Crippen molar-refractivity contribution in [2.45, 2.75) is 6.18 Å². The van der Waals surface area contributed by atoms with E-state index >= 15 is 0 Å². The molecule has 0 aliphatic carbocycles. The lowest BCUT2D eigenvalue weighted by atomic mass is 10.0. The third-order valence-corrected chi connectivity index (χ3v) is 3.77. The molecule has 2 aromatic heterocycles. The first-order valence-corrected chi connectivity index (χ1v) is 7.38. The molecule has 0 N–H and O–H groups in total. The van der Waals surface area contributed by atoms with Crippen LogP contribution in [-0.4, -0.2) is 15.1 Å². The third kappa shape index (κ3) is 2.84. The van der Waals surface area contributed by atoms with Gasteiger partial charge < -0.3 is 4.52 Å². The number of hydrogen-bond donors (Lipinski definition) is 0. The molecule has 0 bridgehead atoms. The fourth-order valence-electron chi connectivity index (χ4n) is 2.54. The fraction of sp³-hybridized carbons (Fsp3) is 0.0556. The van der Waals surface area contributed by atoms with Crippen molar-refractivity contribution < 1.29 is 17.7 Å². The first kappa shape index (κ1) is 15.3. The highest BCUT2D eigenvalue weighted by molar-refractivity contribution is 5.94. The lowest BCUT2D eigenvalue weighted by molar-refractivity contribution is -0.137. The maximum atomic E-state index is 12.6. The van der Waals surface area contributed by atoms with Crippen molar-refractivity contribution in [3.63, 3.8) is 0 Å². The topological polar surface area (TPSA) is 51.8 Å². The van der Waals surface area contributed by atoms with Crippen LogP contribution in [0.2, 0.25) is 0 Å². The number of pyridine rings is 1. The minimum Gasteiger partial charge on any atom is -0.334 e. The fourth-order valence-corrected chi connectivity index (χ4v) is 2.54. The molecule has 2 aromatic carbocycles. The number of alkyl halides is 3. The normalized spacial score (nSPS) is 11.8. The Balaban J connectivity index is 1.73. The Bertz CT molecular complexity index is 1030.